The zero-order valence-electron chi connectivity index (χ0n) is 8.11. The van der Waals surface area contributed by atoms with Crippen LogP contribution in [0.5, 0.6) is 5.75 Å². The molecule has 0 saturated carbocycles. The first-order valence-corrected chi connectivity index (χ1v) is 4.83. The molecule has 0 spiro atoms. The molecule has 0 aliphatic heterocycles. The van der Waals surface area contributed by atoms with E-state index in [4.69, 9.17) is 21.8 Å². The van der Waals surface area contributed by atoms with Gasteiger partial charge in [-0.05, 0) is 24.3 Å². The van der Waals surface area contributed by atoms with Crippen LogP contribution in [0.4, 0.5) is 5.88 Å². The van der Waals surface area contributed by atoms with E-state index in [1.807, 2.05) is 0 Å². The number of aromatic hydroxyl groups is 1. The largest absolute Gasteiger partial charge is 0.503 e. The number of hydrogen-bond acceptors (Lipinski definition) is 4. The van der Waals surface area contributed by atoms with Crippen LogP contribution >= 0.6 is 11.6 Å². The average molecular weight is 238 g/mol. The number of furan rings is 1. The van der Waals surface area contributed by atoms with Gasteiger partial charge in [0, 0.05) is 10.6 Å². The van der Waals surface area contributed by atoms with Crippen molar-refractivity contribution >= 4 is 23.8 Å². The van der Waals surface area contributed by atoms with Crippen LogP contribution in [0.15, 0.2) is 28.7 Å². The highest BCUT2D eigenvalue weighted by Crippen LogP contribution is 2.36. The van der Waals surface area contributed by atoms with Crippen LogP contribution in [0.1, 0.15) is 10.4 Å². The molecule has 1 aromatic carbocycles. The molecular weight excluding hydrogens is 230 g/mol. The predicted octanol–water partition coefficient (Wildman–Crippen LogP) is 2.70. The van der Waals surface area contributed by atoms with Crippen molar-refractivity contribution in [2.75, 3.05) is 5.73 Å². The number of halogens is 1. The maximum absolute atomic E-state index is 10.8. The molecule has 3 N–H and O–H groups in total. The second-order valence-corrected chi connectivity index (χ2v) is 3.62. The predicted molar refractivity (Wildman–Crippen MR) is 60.6 cm³/mol. The van der Waals surface area contributed by atoms with E-state index in [9.17, 15) is 9.90 Å². The van der Waals surface area contributed by atoms with Gasteiger partial charge >= 0.3 is 0 Å². The maximum Gasteiger partial charge on any atom is 0.234 e. The van der Waals surface area contributed by atoms with E-state index < -0.39 is 0 Å². The molecule has 2 rings (SSSR count). The number of carbonyl (C=O) groups is 1. The highest BCUT2D eigenvalue weighted by atomic mass is 35.5. The molecule has 0 aliphatic carbocycles. The van der Waals surface area contributed by atoms with Crippen molar-refractivity contribution in [1.82, 2.24) is 0 Å². The van der Waals surface area contributed by atoms with Crippen molar-refractivity contribution in [3.63, 3.8) is 0 Å². The van der Waals surface area contributed by atoms with Gasteiger partial charge in [-0.2, -0.15) is 0 Å². The van der Waals surface area contributed by atoms with Crippen LogP contribution in [-0.4, -0.2) is 11.4 Å². The van der Waals surface area contributed by atoms with Crippen LogP contribution in [0.25, 0.3) is 11.3 Å². The van der Waals surface area contributed by atoms with Crippen LogP contribution in [-0.2, 0) is 0 Å². The molecule has 5 heteroatoms. The standard InChI is InChI=1S/C11H8ClNO3/c12-7-3-1-6(2-4-7)10-8(5-14)9(15)11(13)16-10/h1-5,15H,13H2. The lowest BCUT2D eigenvalue weighted by molar-refractivity contribution is 0.112. The second kappa shape index (κ2) is 3.90. The number of benzene rings is 1. The molecule has 0 fully saturated rings. The Hall–Kier alpha value is -1.94. The lowest BCUT2D eigenvalue weighted by Gasteiger charge is -1.97. The number of carbonyl (C=O) groups excluding carboxylic acids is 1. The number of hydrogen-bond donors (Lipinski definition) is 2. The number of anilines is 1. The molecule has 0 bridgehead atoms. The van der Waals surface area contributed by atoms with E-state index >= 15 is 0 Å². The molecule has 0 aliphatic rings. The third kappa shape index (κ3) is 1.63. The Kier molecular flexibility index (Phi) is 2.58. The van der Waals surface area contributed by atoms with Gasteiger partial charge in [0.1, 0.15) is 5.56 Å². The number of aldehydes is 1. The summed E-state index contributed by atoms with van der Waals surface area (Å²) in [5, 5.41) is 10.0. The summed E-state index contributed by atoms with van der Waals surface area (Å²) in [7, 11) is 0. The smallest absolute Gasteiger partial charge is 0.234 e. The number of nitrogen functional groups attached to an aromatic ring is 1. The van der Waals surface area contributed by atoms with Gasteiger partial charge in [0.25, 0.3) is 0 Å². The molecule has 0 amide bonds. The fourth-order valence-electron chi connectivity index (χ4n) is 1.38. The van der Waals surface area contributed by atoms with Gasteiger partial charge in [-0.25, -0.2) is 0 Å². The quantitative estimate of drug-likeness (QED) is 0.788. The van der Waals surface area contributed by atoms with Gasteiger partial charge in [-0.15, -0.1) is 0 Å². The molecular formula is C11H8ClNO3. The fraction of sp³-hybridized carbons (Fsp3) is 0. The molecule has 0 radical (unpaired) electrons. The lowest BCUT2D eigenvalue weighted by Crippen LogP contribution is -1.82. The fourth-order valence-corrected chi connectivity index (χ4v) is 1.50. The Morgan fingerprint density at radius 1 is 1.31 bits per heavy atom. The van der Waals surface area contributed by atoms with Gasteiger partial charge in [0.2, 0.25) is 5.88 Å². The zero-order valence-corrected chi connectivity index (χ0v) is 8.86. The molecule has 0 atom stereocenters. The molecule has 2 aromatic rings. The van der Waals surface area contributed by atoms with Crippen LogP contribution < -0.4 is 5.73 Å². The summed E-state index contributed by atoms with van der Waals surface area (Å²) in [5.41, 5.74) is 6.05. The van der Waals surface area contributed by atoms with Gasteiger partial charge < -0.3 is 15.3 Å². The summed E-state index contributed by atoms with van der Waals surface area (Å²) in [6.07, 6.45) is 0.499. The molecule has 16 heavy (non-hydrogen) atoms. The summed E-state index contributed by atoms with van der Waals surface area (Å²) in [6, 6.07) is 6.66. The Morgan fingerprint density at radius 3 is 2.50 bits per heavy atom. The maximum atomic E-state index is 10.8. The molecule has 4 nitrogen and oxygen atoms in total. The minimum atomic E-state index is -0.333. The summed E-state index contributed by atoms with van der Waals surface area (Å²) in [4.78, 5) is 10.8. The van der Waals surface area contributed by atoms with Gasteiger partial charge in [0.05, 0.1) is 0 Å². The second-order valence-electron chi connectivity index (χ2n) is 3.18. The first kappa shape index (κ1) is 10.6. The van der Waals surface area contributed by atoms with Crippen molar-refractivity contribution in [3.05, 3.63) is 34.9 Å². The zero-order chi connectivity index (χ0) is 11.7. The van der Waals surface area contributed by atoms with E-state index in [2.05, 4.69) is 0 Å². The first-order valence-electron chi connectivity index (χ1n) is 4.46. The minimum Gasteiger partial charge on any atom is -0.503 e. The van der Waals surface area contributed by atoms with E-state index in [0.29, 0.717) is 16.9 Å². The molecule has 0 saturated heterocycles. The molecule has 1 heterocycles. The molecule has 82 valence electrons. The van der Waals surface area contributed by atoms with Crippen molar-refractivity contribution in [1.29, 1.82) is 0 Å². The van der Waals surface area contributed by atoms with Gasteiger partial charge in [-0.3, -0.25) is 4.79 Å². The van der Waals surface area contributed by atoms with Crippen molar-refractivity contribution in [2.24, 2.45) is 0 Å². The SMILES string of the molecule is Nc1oc(-c2ccc(Cl)cc2)c(C=O)c1O. The van der Waals surface area contributed by atoms with Gasteiger partial charge in [0.15, 0.2) is 17.8 Å². The van der Waals surface area contributed by atoms with E-state index in [0.717, 1.165) is 0 Å². The Labute approximate surface area is 96.2 Å². The minimum absolute atomic E-state index is 0.0415. The Bertz CT molecular complexity index is 531. The first-order chi connectivity index (χ1) is 7.63. The lowest BCUT2D eigenvalue weighted by atomic mass is 10.1. The highest BCUT2D eigenvalue weighted by molar-refractivity contribution is 6.30. The van der Waals surface area contributed by atoms with E-state index in [1.165, 1.54) is 0 Å². The third-order valence-electron chi connectivity index (χ3n) is 2.17. The van der Waals surface area contributed by atoms with Crippen molar-refractivity contribution in [2.45, 2.75) is 0 Å². The Morgan fingerprint density at radius 2 is 1.94 bits per heavy atom. The van der Waals surface area contributed by atoms with Crippen molar-refractivity contribution < 1.29 is 14.3 Å². The average Bonchev–Trinajstić information content (AvgIpc) is 2.56. The molecule has 0 unspecified atom stereocenters. The van der Waals surface area contributed by atoms with Crippen LogP contribution in [0.3, 0.4) is 0 Å². The normalized spacial score (nSPS) is 10.3. The van der Waals surface area contributed by atoms with Crippen molar-refractivity contribution in [3.8, 4) is 17.1 Å². The van der Waals surface area contributed by atoms with Gasteiger partial charge in [-0.1, -0.05) is 11.6 Å². The van der Waals surface area contributed by atoms with Crippen LogP contribution in [0.2, 0.25) is 5.02 Å². The highest BCUT2D eigenvalue weighted by Gasteiger charge is 2.18. The van der Waals surface area contributed by atoms with E-state index in [-0.39, 0.29) is 23.0 Å². The van der Waals surface area contributed by atoms with Crippen LogP contribution in [0, 0.1) is 0 Å². The summed E-state index contributed by atoms with van der Waals surface area (Å²) >= 11 is 5.74. The summed E-state index contributed by atoms with van der Waals surface area (Å²) in [5.74, 6) is -0.270. The Balaban J connectivity index is 2.59. The number of nitrogens with two attached hydrogens (primary N) is 1. The van der Waals surface area contributed by atoms with E-state index in [1.54, 1.807) is 24.3 Å². The topological polar surface area (TPSA) is 76.5 Å². The summed E-state index contributed by atoms with van der Waals surface area (Å²) in [6.45, 7) is 0. The molecule has 1 aromatic heterocycles. The summed E-state index contributed by atoms with van der Waals surface area (Å²) < 4.78 is 5.12. The number of rotatable bonds is 2. The monoisotopic (exact) mass is 237 g/mol. The third-order valence-corrected chi connectivity index (χ3v) is 2.42.